The van der Waals surface area contributed by atoms with Crippen molar-refractivity contribution in [3.63, 3.8) is 0 Å². The van der Waals surface area contributed by atoms with Crippen molar-refractivity contribution < 1.29 is 4.79 Å². The van der Waals surface area contributed by atoms with Crippen LogP contribution >= 0.6 is 11.3 Å². The van der Waals surface area contributed by atoms with Crippen LogP contribution < -0.4 is 5.32 Å². The van der Waals surface area contributed by atoms with Crippen LogP contribution in [0.3, 0.4) is 0 Å². The summed E-state index contributed by atoms with van der Waals surface area (Å²) in [7, 11) is 0. The second-order valence-electron chi connectivity index (χ2n) is 7.38. The third kappa shape index (κ3) is 4.30. The number of fused-ring (bicyclic) bond motifs is 1. The zero-order valence-corrected chi connectivity index (χ0v) is 15.9. The predicted molar refractivity (Wildman–Crippen MR) is 105 cm³/mol. The first-order chi connectivity index (χ1) is 12.8. The van der Waals surface area contributed by atoms with E-state index in [1.165, 1.54) is 43.5 Å². The van der Waals surface area contributed by atoms with Crippen LogP contribution in [0.2, 0.25) is 0 Å². The molecule has 0 aromatic carbocycles. The molecule has 2 aromatic rings. The molecule has 1 aliphatic heterocycles. The molecule has 6 heteroatoms. The molecule has 1 saturated carbocycles. The maximum absolute atomic E-state index is 12.5. The molecule has 0 bridgehead atoms. The third-order valence-electron chi connectivity index (χ3n) is 5.47. The normalized spacial score (nSPS) is 18.9. The van der Waals surface area contributed by atoms with Crippen molar-refractivity contribution in [3.05, 3.63) is 40.1 Å². The van der Waals surface area contributed by atoms with Gasteiger partial charge in [0, 0.05) is 49.0 Å². The molecular formula is C20H26N4OS. The number of carbonyl (C=O) groups is 1. The maximum Gasteiger partial charge on any atom is 0.284 e. The van der Waals surface area contributed by atoms with Gasteiger partial charge in [0.05, 0.1) is 5.69 Å². The van der Waals surface area contributed by atoms with Gasteiger partial charge >= 0.3 is 0 Å². The Morgan fingerprint density at radius 1 is 1.15 bits per heavy atom. The summed E-state index contributed by atoms with van der Waals surface area (Å²) >= 11 is 1.56. The molecule has 26 heavy (non-hydrogen) atoms. The fraction of sp³-hybridized carbons (Fsp3) is 0.550. The largest absolute Gasteiger partial charge is 0.320 e. The molecule has 2 aromatic heterocycles. The summed E-state index contributed by atoms with van der Waals surface area (Å²) in [6, 6.07) is 3.58. The minimum atomic E-state index is -0.117. The average molecular weight is 371 g/mol. The Morgan fingerprint density at radius 2 is 1.92 bits per heavy atom. The number of hydrogen-bond donors (Lipinski definition) is 1. The van der Waals surface area contributed by atoms with Crippen molar-refractivity contribution in [2.24, 2.45) is 5.92 Å². The van der Waals surface area contributed by atoms with Gasteiger partial charge in [0.15, 0.2) is 5.01 Å². The quantitative estimate of drug-likeness (QED) is 0.890. The highest BCUT2D eigenvalue weighted by Gasteiger charge is 2.23. The number of amides is 1. The summed E-state index contributed by atoms with van der Waals surface area (Å²) in [5, 5.41) is 3.48. The smallest absolute Gasteiger partial charge is 0.284 e. The summed E-state index contributed by atoms with van der Waals surface area (Å²) in [4.78, 5) is 25.0. The highest BCUT2D eigenvalue weighted by atomic mass is 32.1. The molecule has 1 amide bonds. The number of nitrogens with one attached hydrogen (secondary N) is 1. The van der Waals surface area contributed by atoms with Crippen molar-refractivity contribution in [2.75, 3.05) is 25.0 Å². The predicted octanol–water partition coefficient (Wildman–Crippen LogP) is 3.77. The number of thiazole rings is 1. The molecule has 1 aliphatic carbocycles. The molecular weight excluding hydrogens is 344 g/mol. The number of aromatic nitrogens is 2. The summed E-state index contributed by atoms with van der Waals surface area (Å²) < 4.78 is 0. The Morgan fingerprint density at radius 3 is 2.73 bits per heavy atom. The first-order valence-electron chi connectivity index (χ1n) is 9.70. The summed E-state index contributed by atoms with van der Waals surface area (Å²) in [6.07, 6.45) is 12.4. The monoisotopic (exact) mass is 370 g/mol. The van der Waals surface area contributed by atoms with E-state index in [1.54, 1.807) is 35.9 Å². The lowest BCUT2D eigenvalue weighted by Gasteiger charge is -2.28. The Hall–Kier alpha value is -1.79. The standard InChI is InChI=1S/C20H26N4OS/c25-19(22-16-6-10-21-11-7-16)20-23-17-8-12-24(13-9-18(17)26-20)14-15-4-2-1-3-5-15/h6-7,10-11,15H,1-5,8-9,12-14H2,(H,21,22,25). The Kier molecular flexibility index (Phi) is 5.60. The number of hydrogen-bond acceptors (Lipinski definition) is 5. The van der Waals surface area contributed by atoms with Gasteiger partial charge in [-0.2, -0.15) is 0 Å². The minimum absolute atomic E-state index is 0.117. The molecule has 1 N–H and O–H groups in total. The Bertz CT molecular complexity index is 714. The topological polar surface area (TPSA) is 58.1 Å². The van der Waals surface area contributed by atoms with Crippen LogP contribution in [0.5, 0.6) is 0 Å². The van der Waals surface area contributed by atoms with E-state index in [2.05, 4.69) is 20.2 Å². The second kappa shape index (κ2) is 8.27. The van der Waals surface area contributed by atoms with E-state index in [4.69, 9.17) is 0 Å². The lowest BCUT2D eigenvalue weighted by Crippen LogP contribution is -2.32. The van der Waals surface area contributed by atoms with E-state index in [0.717, 1.165) is 43.2 Å². The van der Waals surface area contributed by atoms with Gasteiger partial charge in [0.2, 0.25) is 0 Å². The van der Waals surface area contributed by atoms with Gasteiger partial charge in [0.1, 0.15) is 0 Å². The zero-order chi connectivity index (χ0) is 17.8. The summed E-state index contributed by atoms with van der Waals surface area (Å²) in [6.45, 7) is 3.40. The van der Waals surface area contributed by atoms with Gasteiger partial charge in [-0.15, -0.1) is 11.3 Å². The average Bonchev–Trinajstić information content (AvgIpc) is 3.00. The fourth-order valence-corrected chi connectivity index (χ4v) is 5.04. The molecule has 0 radical (unpaired) electrons. The molecule has 0 atom stereocenters. The van der Waals surface area contributed by atoms with Crippen LogP contribution in [-0.4, -0.2) is 40.4 Å². The van der Waals surface area contributed by atoms with E-state index in [1.807, 2.05) is 0 Å². The molecule has 0 saturated heterocycles. The van der Waals surface area contributed by atoms with E-state index >= 15 is 0 Å². The zero-order valence-electron chi connectivity index (χ0n) is 15.1. The molecule has 1 fully saturated rings. The Labute approximate surface area is 158 Å². The van der Waals surface area contributed by atoms with Gasteiger partial charge in [0.25, 0.3) is 5.91 Å². The molecule has 2 aliphatic rings. The van der Waals surface area contributed by atoms with Crippen molar-refractivity contribution in [1.29, 1.82) is 0 Å². The molecule has 138 valence electrons. The molecule has 0 spiro atoms. The van der Waals surface area contributed by atoms with Crippen LogP contribution in [0.15, 0.2) is 24.5 Å². The number of pyridine rings is 1. The van der Waals surface area contributed by atoms with Crippen LogP contribution in [0.1, 0.15) is 52.5 Å². The van der Waals surface area contributed by atoms with Crippen molar-refractivity contribution in [2.45, 2.75) is 44.9 Å². The SMILES string of the molecule is O=C(Nc1ccncc1)c1nc2c(s1)CCN(CC1CCCCC1)CC2. The van der Waals surface area contributed by atoms with E-state index in [0.29, 0.717) is 5.01 Å². The number of anilines is 1. The van der Waals surface area contributed by atoms with E-state index < -0.39 is 0 Å². The van der Waals surface area contributed by atoms with Crippen molar-refractivity contribution >= 4 is 22.9 Å². The molecule has 4 rings (SSSR count). The summed E-state index contributed by atoms with van der Waals surface area (Å²) in [5.74, 6) is 0.767. The van der Waals surface area contributed by atoms with Crippen molar-refractivity contribution in [3.8, 4) is 0 Å². The van der Waals surface area contributed by atoms with Gasteiger partial charge in [-0.1, -0.05) is 19.3 Å². The van der Waals surface area contributed by atoms with Gasteiger partial charge < -0.3 is 10.2 Å². The van der Waals surface area contributed by atoms with Crippen LogP contribution in [-0.2, 0) is 12.8 Å². The molecule has 0 unspecified atom stereocenters. The molecule has 5 nitrogen and oxygen atoms in total. The lowest BCUT2D eigenvalue weighted by atomic mass is 9.89. The third-order valence-corrected chi connectivity index (χ3v) is 6.63. The van der Waals surface area contributed by atoms with Gasteiger partial charge in [-0.3, -0.25) is 9.78 Å². The number of rotatable bonds is 4. The highest BCUT2D eigenvalue weighted by Crippen LogP contribution is 2.27. The van der Waals surface area contributed by atoms with Gasteiger partial charge in [-0.05, 0) is 37.3 Å². The van der Waals surface area contributed by atoms with E-state index in [-0.39, 0.29) is 5.91 Å². The fourth-order valence-electron chi connectivity index (χ4n) is 4.04. The highest BCUT2D eigenvalue weighted by molar-refractivity contribution is 7.13. The first kappa shape index (κ1) is 17.6. The van der Waals surface area contributed by atoms with Crippen LogP contribution in [0.4, 0.5) is 5.69 Å². The van der Waals surface area contributed by atoms with Crippen LogP contribution in [0, 0.1) is 5.92 Å². The number of carbonyl (C=O) groups excluding carboxylic acids is 1. The number of nitrogens with zero attached hydrogens (tertiary/aromatic N) is 3. The van der Waals surface area contributed by atoms with Gasteiger partial charge in [-0.25, -0.2) is 4.98 Å². The van der Waals surface area contributed by atoms with Crippen LogP contribution in [0.25, 0.3) is 0 Å². The molecule has 3 heterocycles. The maximum atomic E-state index is 12.5. The Balaban J connectivity index is 1.35. The minimum Gasteiger partial charge on any atom is -0.320 e. The van der Waals surface area contributed by atoms with Crippen molar-refractivity contribution in [1.82, 2.24) is 14.9 Å². The second-order valence-corrected chi connectivity index (χ2v) is 8.47. The van der Waals surface area contributed by atoms with E-state index in [9.17, 15) is 4.79 Å². The first-order valence-corrected chi connectivity index (χ1v) is 10.5. The lowest BCUT2D eigenvalue weighted by molar-refractivity contribution is 0.102. The summed E-state index contributed by atoms with van der Waals surface area (Å²) in [5.41, 5.74) is 1.88.